The summed E-state index contributed by atoms with van der Waals surface area (Å²) in [4.78, 5) is 12.2. The summed E-state index contributed by atoms with van der Waals surface area (Å²) < 4.78 is 1.69. The average Bonchev–Trinajstić information content (AvgIpc) is 2.36. The largest absolute Gasteiger partial charge is 0.398 e. The van der Waals surface area contributed by atoms with Gasteiger partial charge >= 0.3 is 0 Å². The molecule has 0 saturated carbocycles. The van der Waals surface area contributed by atoms with E-state index < -0.39 is 0 Å². The number of benzene rings is 1. The van der Waals surface area contributed by atoms with Crippen LogP contribution in [0.1, 0.15) is 25.3 Å². The molecule has 0 saturated heterocycles. The summed E-state index contributed by atoms with van der Waals surface area (Å²) in [6.45, 7) is 2.11. The summed E-state index contributed by atoms with van der Waals surface area (Å²) in [7, 11) is 1.81. The number of aromatic nitrogens is 1. The lowest BCUT2D eigenvalue weighted by Gasteiger charge is -2.12. The Labute approximate surface area is 101 Å². The van der Waals surface area contributed by atoms with Crippen LogP contribution in [0.4, 0.5) is 5.69 Å². The molecule has 3 nitrogen and oxygen atoms in total. The molecule has 0 bridgehead atoms. The number of anilines is 1. The van der Waals surface area contributed by atoms with Crippen molar-refractivity contribution in [3.8, 4) is 0 Å². The first-order chi connectivity index (χ1) is 8.16. The van der Waals surface area contributed by atoms with Crippen molar-refractivity contribution in [1.29, 1.82) is 0 Å². The number of rotatable bonds is 3. The molecule has 1 aromatic heterocycles. The molecule has 0 amide bonds. The molecule has 2 N–H and O–H groups in total. The molecule has 0 atom stereocenters. The minimum absolute atomic E-state index is 0.0367. The van der Waals surface area contributed by atoms with E-state index in [-0.39, 0.29) is 5.56 Å². The zero-order valence-electron chi connectivity index (χ0n) is 10.4. The molecular weight excluding hydrogens is 212 g/mol. The maximum absolute atomic E-state index is 12.2. The van der Waals surface area contributed by atoms with E-state index in [9.17, 15) is 4.79 Å². The molecule has 2 rings (SSSR count). The van der Waals surface area contributed by atoms with Gasteiger partial charge in [-0.05, 0) is 18.9 Å². The van der Waals surface area contributed by atoms with E-state index in [0.29, 0.717) is 5.69 Å². The Hall–Kier alpha value is -1.77. The Bertz CT molecular complexity index is 599. The van der Waals surface area contributed by atoms with Crippen LogP contribution >= 0.6 is 0 Å². The summed E-state index contributed by atoms with van der Waals surface area (Å²) in [5.41, 5.74) is 8.46. The SMILES string of the molecule is CCCCc1c(N)c2ccccc2n(C)c1=O. The highest BCUT2D eigenvalue weighted by Gasteiger charge is 2.11. The molecular formula is C14H18N2O. The third-order valence-electron chi connectivity index (χ3n) is 3.22. The van der Waals surface area contributed by atoms with Gasteiger partial charge in [-0.3, -0.25) is 4.79 Å². The fraction of sp³-hybridized carbons (Fsp3) is 0.357. The van der Waals surface area contributed by atoms with Crippen LogP contribution in [-0.4, -0.2) is 4.57 Å². The number of para-hydroxylation sites is 1. The van der Waals surface area contributed by atoms with Gasteiger partial charge in [-0.2, -0.15) is 0 Å². The zero-order valence-corrected chi connectivity index (χ0v) is 10.4. The Kier molecular flexibility index (Phi) is 3.18. The monoisotopic (exact) mass is 230 g/mol. The van der Waals surface area contributed by atoms with Crippen LogP contribution in [-0.2, 0) is 13.5 Å². The number of aryl methyl sites for hydroxylation is 1. The summed E-state index contributed by atoms with van der Waals surface area (Å²) in [5.74, 6) is 0. The van der Waals surface area contributed by atoms with Gasteiger partial charge in [0.05, 0.1) is 5.52 Å². The number of nitrogens with zero attached hydrogens (tertiary/aromatic N) is 1. The van der Waals surface area contributed by atoms with Crippen molar-refractivity contribution >= 4 is 16.6 Å². The lowest BCUT2D eigenvalue weighted by Crippen LogP contribution is -2.23. The average molecular weight is 230 g/mol. The summed E-state index contributed by atoms with van der Waals surface area (Å²) in [6.07, 6.45) is 2.83. The molecule has 2 aromatic rings. The molecule has 0 radical (unpaired) electrons. The number of hydrogen-bond donors (Lipinski definition) is 1. The van der Waals surface area contributed by atoms with E-state index >= 15 is 0 Å². The molecule has 0 aliphatic rings. The van der Waals surface area contributed by atoms with Crippen LogP contribution in [0.3, 0.4) is 0 Å². The summed E-state index contributed by atoms with van der Waals surface area (Å²) in [6, 6.07) is 7.77. The van der Waals surface area contributed by atoms with E-state index in [2.05, 4.69) is 6.92 Å². The number of pyridine rings is 1. The molecule has 0 unspecified atom stereocenters. The number of fused-ring (bicyclic) bond motifs is 1. The van der Waals surface area contributed by atoms with Gasteiger partial charge in [0.2, 0.25) is 0 Å². The lowest BCUT2D eigenvalue weighted by atomic mass is 10.0. The maximum Gasteiger partial charge on any atom is 0.256 e. The van der Waals surface area contributed by atoms with Crippen LogP contribution in [0, 0.1) is 0 Å². The van der Waals surface area contributed by atoms with Gasteiger partial charge in [0.15, 0.2) is 0 Å². The van der Waals surface area contributed by atoms with Gasteiger partial charge in [0.25, 0.3) is 5.56 Å². The number of unbranched alkanes of at least 4 members (excludes halogenated alkanes) is 1. The normalized spacial score (nSPS) is 10.9. The molecule has 3 heteroatoms. The highest BCUT2D eigenvalue weighted by atomic mass is 16.1. The highest BCUT2D eigenvalue weighted by Crippen LogP contribution is 2.22. The van der Waals surface area contributed by atoms with Gasteiger partial charge in [-0.15, -0.1) is 0 Å². The molecule has 0 fully saturated rings. The van der Waals surface area contributed by atoms with E-state index in [0.717, 1.165) is 35.7 Å². The maximum atomic E-state index is 12.2. The third-order valence-corrected chi connectivity index (χ3v) is 3.22. The number of nitrogens with two attached hydrogens (primary N) is 1. The topological polar surface area (TPSA) is 48.0 Å². The molecule has 1 aromatic carbocycles. The zero-order chi connectivity index (χ0) is 12.4. The van der Waals surface area contributed by atoms with Crippen molar-refractivity contribution in [3.05, 3.63) is 40.2 Å². The Morgan fingerprint density at radius 2 is 2.00 bits per heavy atom. The van der Waals surface area contributed by atoms with Crippen LogP contribution in [0.15, 0.2) is 29.1 Å². The predicted molar refractivity (Wildman–Crippen MR) is 72.2 cm³/mol. The van der Waals surface area contributed by atoms with Crippen molar-refractivity contribution < 1.29 is 0 Å². The van der Waals surface area contributed by atoms with Crippen molar-refractivity contribution in [2.75, 3.05) is 5.73 Å². The van der Waals surface area contributed by atoms with Crippen LogP contribution in [0.25, 0.3) is 10.9 Å². The molecule has 17 heavy (non-hydrogen) atoms. The van der Waals surface area contributed by atoms with E-state index in [1.807, 2.05) is 24.3 Å². The van der Waals surface area contributed by atoms with Gasteiger partial charge in [0, 0.05) is 23.7 Å². The Balaban J connectivity index is 2.73. The van der Waals surface area contributed by atoms with Crippen molar-refractivity contribution in [2.24, 2.45) is 7.05 Å². The second-order valence-corrected chi connectivity index (χ2v) is 4.38. The molecule has 1 heterocycles. The van der Waals surface area contributed by atoms with Crippen molar-refractivity contribution in [3.63, 3.8) is 0 Å². The van der Waals surface area contributed by atoms with E-state index in [4.69, 9.17) is 5.73 Å². The second-order valence-electron chi connectivity index (χ2n) is 4.38. The highest BCUT2D eigenvalue weighted by molar-refractivity contribution is 5.91. The third kappa shape index (κ3) is 1.93. The van der Waals surface area contributed by atoms with Gasteiger partial charge in [0.1, 0.15) is 0 Å². The molecule has 0 aliphatic heterocycles. The quantitative estimate of drug-likeness (QED) is 0.880. The number of hydrogen-bond acceptors (Lipinski definition) is 2. The summed E-state index contributed by atoms with van der Waals surface area (Å²) in [5, 5.41) is 0.973. The Morgan fingerprint density at radius 3 is 2.71 bits per heavy atom. The van der Waals surface area contributed by atoms with Crippen LogP contribution < -0.4 is 11.3 Å². The first-order valence-corrected chi connectivity index (χ1v) is 6.03. The smallest absolute Gasteiger partial charge is 0.256 e. The van der Waals surface area contributed by atoms with E-state index in [1.165, 1.54) is 0 Å². The van der Waals surface area contributed by atoms with Gasteiger partial charge < -0.3 is 10.3 Å². The van der Waals surface area contributed by atoms with Gasteiger partial charge in [-0.25, -0.2) is 0 Å². The standard InChI is InChI=1S/C14H18N2O/c1-3-4-7-11-13(15)10-8-5-6-9-12(10)16(2)14(11)17/h5-6,8-9H,3-4,7,15H2,1-2H3. The molecule has 0 aliphatic carbocycles. The van der Waals surface area contributed by atoms with Crippen molar-refractivity contribution in [2.45, 2.75) is 26.2 Å². The van der Waals surface area contributed by atoms with Gasteiger partial charge in [-0.1, -0.05) is 31.5 Å². The first-order valence-electron chi connectivity index (χ1n) is 6.03. The predicted octanol–water partition coefficient (Wildman–Crippen LogP) is 2.46. The van der Waals surface area contributed by atoms with Crippen LogP contribution in [0.2, 0.25) is 0 Å². The fourth-order valence-corrected chi connectivity index (χ4v) is 2.18. The Morgan fingerprint density at radius 1 is 1.29 bits per heavy atom. The minimum atomic E-state index is 0.0367. The summed E-state index contributed by atoms with van der Waals surface area (Å²) >= 11 is 0. The fourth-order valence-electron chi connectivity index (χ4n) is 2.18. The van der Waals surface area contributed by atoms with E-state index in [1.54, 1.807) is 11.6 Å². The lowest BCUT2D eigenvalue weighted by molar-refractivity contribution is 0.774. The molecule has 90 valence electrons. The number of nitrogen functional groups attached to an aromatic ring is 1. The molecule has 0 spiro atoms. The van der Waals surface area contributed by atoms with Crippen molar-refractivity contribution in [1.82, 2.24) is 4.57 Å². The second kappa shape index (κ2) is 4.62. The first kappa shape index (κ1) is 11.7. The van der Waals surface area contributed by atoms with Crippen LogP contribution in [0.5, 0.6) is 0 Å². The minimum Gasteiger partial charge on any atom is -0.398 e.